The second-order valence-corrected chi connectivity index (χ2v) is 4.21. The SMILES string of the molecule is COc1ccc(/C=C/c2ccc(OC)cc2OC)cc1. The van der Waals surface area contributed by atoms with Crippen LogP contribution < -0.4 is 14.2 Å². The molecule has 0 saturated heterocycles. The fourth-order valence-corrected chi connectivity index (χ4v) is 1.86. The van der Waals surface area contributed by atoms with Crippen LogP contribution in [0.4, 0.5) is 0 Å². The van der Waals surface area contributed by atoms with Crippen LogP contribution in [0.2, 0.25) is 0 Å². The molecule has 0 atom stereocenters. The van der Waals surface area contributed by atoms with Crippen molar-refractivity contribution in [3.05, 3.63) is 53.6 Å². The Kier molecular flexibility index (Phi) is 4.66. The van der Waals surface area contributed by atoms with Gasteiger partial charge in [-0.1, -0.05) is 24.3 Å². The van der Waals surface area contributed by atoms with E-state index in [1.54, 1.807) is 21.3 Å². The number of methoxy groups -OCH3 is 3. The van der Waals surface area contributed by atoms with Gasteiger partial charge in [0.15, 0.2) is 0 Å². The molecule has 0 aromatic heterocycles. The molecular weight excluding hydrogens is 252 g/mol. The highest BCUT2D eigenvalue weighted by atomic mass is 16.5. The highest BCUT2D eigenvalue weighted by molar-refractivity contribution is 5.73. The largest absolute Gasteiger partial charge is 0.497 e. The Hall–Kier alpha value is -2.42. The van der Waals surface area contributed by atoms with Crippen LogP contribution in [-0.4, -0.2) is 21.3 Å². The van der Waals surface area contributed by atoms with Gasteiger partial charge < -0.3 is 14.2 Å². The molecule has 2 rings (SSSR count). The number of benzene rings is 2. The standard InChI is InChI=1S/C17H18O3/c1-18-15-9-5-13(6-10-15)4-7-14-8-11-16(19-2)12-17(14)20-3/h4-12H,1-3H3/b7-4+. The van der Waals surface area contributed by atoms with E-state index in [9.17, 15) is 0 Å². The molecule has 3 heteroatoms. The van der Waals surface area contributed by atoms with Crippen molar-refractivity contribution in [2.45, 2.75) is 0 Å². The zero-order valence-corrected chi connectivity index (χ0v) is 11.9. The Balaban J connectivity index is 2.21. The van der Waals surface area contributed by atoms with E-state index < -0.39 is 0 Å². The van der Waals surface area contributed by atoms with Crippen molar-refractivity contribution in [2.24, 2.45) is 0 Å². The summed E-state index contributed by atoms with van der Waals surface area (Å²) in [7, 11) is 4.95. The summed E-state index contributed by atoms with van der Waals surface area (Å²) < 4.78 is 15.7. The molecule has 0 saturated carbocycles. The van der Waals surface area contributed by atoms with Gasteiger partial charge in [-0.05, 0) is 29.8 Å². The third kappa shape index (κ3) is 3.32. The van der Waals surface area contributed by atoms with Crippen LogP contribution >= 0.6 is 0 Å². The van der Waals surface area contributed by atoms with Crippen molar-refractivity contribution in [1.29, 1.82) is 0 Å². The second-order valence-electron chi connectivity index (χ2n) is 4.21. The molecule has 0 radical (unpaired) electrons. The number of ether oxygens (including phenoxy) is 3. The van der Waals surface area contributed by atoms with Crippen molar-refractivity contribution in [1.82, 2.24) is 0 Å². The zero-order valence-electron chi connectivity index (χ0n) is 11.9. The molecule has 2 aromatic carbocycles. The maximum atomic E-state index is 5.36. The van der Waals surface area contributed by atoms with Gasteiger partial charge in [0, 0.05) is 11.6 Å². The van der Waals surface area contributed by atoms with E-state index in [0.29, 0.717) is 0 Å². The van der Waals surface area contributed by atoms with E-state index in [-0.39, 0.29) is 0 Å². The summed E-state index contributed by atoms with van der Waals surface area (Å²) >= 11 is 0. The molecule has 0 bridgehead atoms. The molecule has 0 N–H and O–H groups in total. The summed E-state index contributed by atoms with van der Waals surface area (Å²) in [5.74, 6) is 2.42. The van der Waals surface area contributed by atoms with Crippen LogP contribution in [-0.2, 0) is 0 Å². The molecule has 0 aliphatic carbocycles. The lowest BCUT2D eigenvalue weighted by atomic mass is 10.1. The third-order valence-electron chi connectivity index (χ3n) is 3.01. The van der Waals surface area contributed by atoms with Crippen LogP contribution in [0, 0.1) is 0 Å². The van der Waals surface area contributed by atoms with Crippen LogP contribution in [0.1, 0.15) is 11.1 Å². The fraction of sp³-hybridized carbons (Fsp3) is 0.176. The maximum absolute atomic E-state index is 5.36. The van der Waals surface area contributed by atoms with Crippen molar-refractivity contribution < 1.29 is 14.2 Å². The van der Waals surface area contributed by atoms with Gasteiger partial charge in [0.05, 0.1) is 21.3 Å². The van der Waals surface area contributed by atoms with E-state index in [2.05, 4.69) is 0 Å². The van der Waals surface area contributed by atoms with Gasteiger partial charge in [-0.25, -0.2) is 0 Å². The Morgan fingerprint density at radius 3 is 1.95 bits per heavy atom. The molecule has 0 unspecified atom stereocenters. The molecule has 2 aromatic rings. The first kappa shape index (κ1) is 14.0. The number of hydrogen-bond acceptors (Lipinski definition) is 3. The van der Waals surface area contributed by atoms with Gasteiger partial charge >= 0.3 is 0 Å². The fourth-order valence-electron chi connectivity index (χ4n) is 1.86. The van der Waals surface area contributed by atoms with E-state index in [1.807, 2.05) is 54.6 Å². The second kappa shape index (κ2) is 6.66. The van der Waals surface area contributed by atoms with E-state index in [4.69, 9.17) is 14.2 Å². The molecule has 0 aliphatic rings. The quantitative estimate of drug-likeness (QED) is 0.772. The Morgan fingerprint density at radius 1 is 0.700 bits per heavy atom. The third-order valence-corrected chi connectivity index (χ3v) is 3.01. The summed E-state index contributed by atoms with van der Waals surface area (Å²) in [6.45, 7) is 0. The molecule has 0 spiro atoms. The van der Waals surface area contributed by atoms with Crippen molar-refractivity contribution in [3.63, 3.8) is 0 Å². The highest BCUT2D eigenvalue weighted by Gasteiger charge is 2.01. The van der Waals surface area contributed by atoms with Crippen LogP contribution in [0.25, 0.3) is 12.2 Å². The molecule has 0 aliphatic heterocycles. The normalized spacial score (nSPS) is 10.6. The van der Waals surface area contributed by atoms with Gasteiger partial charge in [0.1, 0.15) is 17.2 Å². The minimum atomic E-state index is 0.781. The van der Waals surface area contributed by atoms with E-state index in [0.717, 1.165) is 28.4 Å². The number of rotatable bonds is 5. The predicted molar refractivity (Wildman–Crippen MR) is 81.5 cm³/mol. The average molecular weight is 270 g/mol. The van der Waals surface area contributed by atoms with Gasteiger partial charge in [0.2, 0.25) is 0 Å². The monoisotopic (exact) mass is 270 g/mol. The molecular formula is C17H18O3. The highest BCUT2D eigenvalue weighted by Crippen LogP contribution is 2.26. The Morgan fingerprint density at radius 2 is 1.35 bits per heavy atom. The molecule has 20 heavy (non-hydrogen) atoms. The molecule has 0 amide bonds. The lowest BCUT2D eigenvalue weighted by Gasteiger charge is -2.07. The van der Waals surface area contributed by atoms with E-state index >= 15 is 0 Å². The maximum Gasteiger partial charge on any atom is 0.129 e. The van der Waals surface area contributed by atoms with Crippen LogP contribution in [0.3, 0.4) is 0 Å². The molecule has 3 nitrogen and oxygen atoms in total. The number of hydrogen-bond donors (Lipinski definition) is 0. The summed E-state index contributed by atoms with van der Waals surface area (Å²) in [6.07, 6.45) is 4.05. The van der Waals surface area contributed by atoms with E-state index in [1.165, 1.54) is 0 Å². The smallest absolute Gasteiger partial charge is 0.129 e. The van der Waals surface area contributed by atoms with Crippen molar-refractivity contribution in [2.75, 3.05) is 21.3 Å². The topological polar surface area (TPSA) is 27.7 Å². The van der Waals surface area contributed by atoms with Gasteiger partial charge in [-0.15, -0.1) is 0 Å². The first-order valence-electron chi connectivity index (χ1n) is 6.31. The van der Waals surface area contributed by atoms with Crippen molar-refractivity contribution in [3.8, 4) is 17.2 Å². The van der Waals surface area contributed by atoms with Crippen LogP contribution in [0.15, 0.2) is 42.5 Å². The van der Waals surface area contributed by atoms with Crippen LogP contribution in [0.5, 0.6) is 17.2 Å². The minimum absolute atomic E-state index is 0.781. The molecule has 0 heterocycles. The minimum Gasteiger partial charge on any atom is -0.497 e. The lowest BCUT2D eigenvalue weighted by Crippen LogP contribution is -1.89. The first-order chi connectivity index (χ1) is 9.76. The summed E-state index contributed by atoms with van der Waals surface area (Å²) in [5.41, 5.74) is 2.10. The predicted octanol–water partition coefficient (Wildman–Crippen LogP) is 3.88. The average Bonchev–Trinajstić information content (AvgIpc) is 2.53. The molecule has 0 fully saturated rings. The van der Waals surface area contributed by atoms with Gasteiger partial charge in [-0.2, -0.15) is 0 Å². The summed E-state index contributed by atoms with van der Waals surface area (Å²) in [5, 5.41) is 0. The lowest BCUT2D eigenvalue weighted by molar-refractivity contribution is 0.394. The van der Waals surface area contributed by atoms with Gasteiger partial charge in [0.25, 0.3) is 0 Å². The Labute approximate surface area is 119 Å². The van der Waals surface area contributed by atoms with Gasteiger partial charge in [-0.3, -0.25) is 0 Å². The molecule has 104 valence electrons. The Bertz CT molecular complexity index is 586. The van der Waals surface area contributed by atoms with Crippen molar-refractivity contribution >= 4 is 12.2 Å². The summed E-state index contributed by atoms with van der Waals surface area (Å²) in [6, 6.07) is 13.6. The first-order valence-corrected chi connectivity index (χ1v) is 6.31. The zero-order chi connectivity index (χ0) is 14.4. The summed E-state index contributed by atoms with van der Waals surface area (Å²) in [4.78, 5) is 0.